The molecule has 0 atom stereocenters. The monoisotopic (exact) mass is 264 g/mol. The molecule has 2 N–H and O–H groups in total. The van der Waals surface area contributed by atoms with Gasteiger partial charge in [0.25, 0.3) is 5.91 Å². The fourth-order valence-electron chi connectivity index (χ4n) is 2.52. The number of hydrogen-bond acceptors (Lipinski definition) is 3. The summed E-state index contributed by atoms with van der Waals surface area (Å²) in [6.45, 7) is 0. The molecule has 1 aliphatic rings. The highest BCUT2D eigenvalue weighted by atomic mass is 16.2. The van der Waals surface area contributed by atoms with Gasteiger partial charge >= 0.3 is 0 Å². The first-order valence-corrected chi connectivity index (χ1v) is 6.68. The smallest absolute Gasteiger partial charge is 0.271 e. The summed E-state index contributed by atoms with van der Waals surface area (Å²) in [5, 5.41) is 9.41. The molecule has 1 aliphatic carbocycles. The van der Waals surface area contributed by atoms with E-state index in [4.69, 9.17) is 0 Å². The number of amides is 2. The Morgan fingerprint density at radius 3 is 2.63 bits per heavy atom. The van der Waals surface area contributed by atoms with Crippen LogP contribution in [0.5, 0.6) is 0 Å². The Bertz CT molecular complexity index is 475. The Kier molecular flexibility index (Phi) is 4.19. The van der Waals surface area contributed by atoms with Crippen LogP contribution in [0.3, 0.4) is 0 Å². The third kappa shape index (κ3) is 2.94. The van der Waals surface area contributed by atoms with Gasteiger partial charge in [-0.25, -0.2) is 0 Å². The number of hydrogen-bond donors (Lipinski definition) is 2. The molecule has 0 aliphatic heterocycles. The molecule has 19 heavy (non-hydrogen) atoms. The molecule has 1 aromatic rings. The number of aryl methyl sites for hydroxylation is 1. The molecule has 1 fully saturated rings. The zero-order valence-corrected chi connectivity index (χ0v) is 11.4. The van der Waals surface area contributed by atoms with Gasteiger partial charge in [0.1, 0.15) is 5.69 Å². The van der Waals surface area contributed by atoms with Gasteiger partial charge in [0, 0.05) is 20.0 Å². The van der Waals surface area contributed by atoms with Crippen molar-refractivity contribution in [3.05, 3.63) is 11.9 Å². The number of nitrogens with zero attached hydrogens (tertiary/aromatic N) is 2. The van der Waals surface area contributed by atoms with E-state index >= 15 is 0 Å². The fraction of sp³-hybridized carbons (Fsp3) is 0.615. The molecule has 104 valence electrons. The maximum Gasteiger partial charge on any atom is 0.271 e. The molecule has 0 spiro atoms. The Hall–Kier alpha value is -1.85. The Labute approximate surface area is 112 Å². The minimum Gasteiger partial charge on any atom is -0.354 e. The van der Waals surface area contributed by atoms with Crippen LogP contribution < -0.4 is 10.6 Å². The summed E-state index contributed by atoms with van der Waals surface area (Å²) in [5.74, 6) is -0.191. The topological polar surface area (TPSA) is 76.0 Å². The second-order valence-electron chi connectivity index (χ2n) is 4.93. The van der Waals surface area contributed by atoms with Gasteiger partial charge in [0.05, 0.1) is 11.9 Å². The van der Waals surface area contributed by atoms with E-state index in [1.54, 1.807) is 14.1 Å². The van der Waals surface area contributed by atoms with Crippen LogP contribution in [-0.4, -0.2) is 28.6 Å². The molecule has 2 rings (SSSR count). The van der Waals surface area contributed by atoms with Crippen molar-refractivity contribution in [2.24, 2.45) is 13.0 Å². The van der Waals surface area contributed by atoms with Gasteiger partial charge in [-0.3, -0.25) is 14.3 Å². The SMILES string of the molecule is CNC(=O)c1c(NC(=O)C2CCCCC2)cnn1C. The zero-order valence-electron chi connectivity index (χ0n) is 11.4. The van der Waals surface area contributed by atoms with Gasteiger partial charge in [-0.05, 0) is 12.8 Å². The van der Waals surface area contributed by atoms with Crippen molar-refractivity contribution in [1.29, 1.82) is 0 Å². The van der Waals surface area contributed by atoms with Crippen molar-refractivity contribution in [3.8, 4) is 0 Å². The molecule has 2 amide bonds. The highest BCUT2D eigenvalue weighted by molar-refractivity contribution is 6.02. The second kappa shape index (κ2) is 5.86. The quantitative estimate of drug-likeness (QED) is 0.864. The standard InChI is InChI=1S/C13H20N4O2/c1-14-13(19)11-10(8-15-17(11)2)16-12(18)9-6-4-3-5-7-9/h8-9H,3-7H2,1-2H3,(H,14,19)(H,16,18). The van der Waals surface area contributed by atoms with Crippen LogP contribution in [0.1, 0.15) is 42.6 Å². The summed E-state index contributed by atoms with van der Waals surface area (Å²) in [5.41, 5.74) is 0.865. The van der Waals surface area contributed by atoms with Crippen LogP contribution in [0.2, 0.25) is 0 Å². The van der Waals surface area contributed by atoms with E-state index in [0.29, 0.717) is 11.4 Å². The van der Waals surface area contributed by atoms with E-state index < -0.39 is 0 Å². The first-order valence-electron chi connectivity index (χ1n) is 6.68. The van der Waals surface area contributed by atoms with Crippen LogP contribution in [0, 0.1) is 5.92 Å². The van der Waals surface area contributed by atoms with Crippen molar-refractivity contribution >= 4 is 17.5 Å². The van der Waals surface area contributed by atoms with Crippen LogP contribution in [0.4, 0.5) is 5.69 Å². The molecule has 0 saturated heterocycles. The predicted molar refractivity (Wildman–Crippen MR) is 71.8 cm³/mol. The Morgan fingerprint density at radius 2 is 2.00 bits per heavy atom. The van der Waals surface area contributed by atoms with E-state index in [2.05, 4.69) is 15.7 Å². The predicted octanol–water partition coefficient (Wildman–Crippen LogP) is 1.30. The van der Waals surface area contributed by atoms with Crippen molar-refractivity contribution < 1.29 is 9.59 Å². The molecule has 6 heteroatoms. The molecular weight excluding hydrogens is 244 g/mol. The summed E-state index contributed by atoms with van der Waals surface area (Å²) < 4.78 is 1.47. The lowest BCUT2D eigenvalue weighted by atomic mass is 9.88. The molecule has 0 radical (unpaired) electrons. The van der Waals surface area contributed by atoms with Crippen LogP contribution in [0.25, 0.3) is 0 Å². The maximum absolute atomic E-state index is 12.2. The highest BCUT2D eigenvalue weighted by Gasteiger charge is 2.24. The van der Waals surface area contributed by atoms with Crippen LogP contribution in [0.15, 0.2) is 6.20 Å². The molecule has 0 bridgehead atoms. The average Bonchev–Trinajstić information content (AvgIpc) is 2.80. The fourth-order valence-corrected chi connectivity index (χ4v) is 2.52. The maximum atomic E-state index is 12.2. The minimum atomic E-state index is -0.251. The lowest BCUT2D eigenvalue weighted by molar-refractivity contribution is -0.120. The van der Waals surface area contributed by atoms with Gasteiger partial charge in [-0.1, -0.05) is 19.3 Å². The molecule has 6 nitrogen and oxygen atoms in total. The number of rotatable bonds is 3. The van der Waals surface area contributed by atoms with E-state index in [1.807, 2.05) is 0 Å². The first-order chi connectivity index (χ1) is 9.13. The number of carbonyl (C=O) groups is 2. The summed E-state index contributed by atoms with van der Waals surface area (Å²) >= 11 is 0. The largest absolute Gasteiger partial charge is 0.354 e. The third-order valence-corrected chi connectivity index (χ3v) is 3.61. The first kappa shape index (κ1) is 13.6. The van der Waals surface area contributed by atoms with Gasteiger partial charge in [-0.15, -0.1) is 0 Å². The van der Waals surface area contributed by atoms with Gasteiger partial charge in [0.15, 0.2) is 0 Å². The summed E-state index contributed by atoms with van der Waals surface area (Å²) in [6.07, 6.45) is 6.80. The number of aromatic nitrogens is 2. The van der Waals surface area contributed by atoms with Crippen molar-refractivity contribution in [1.82, 2.24) is 15.1 Å². The van der Waals surface area contributed by atoms with E-state index in [0.717, 1.165) is 25.7 Å². The molecular formula is C13H20N4O2. The number of carbonyl (C=O) groups excluding carboxylic acids is 2. The van der Waals surface area contributed by atoms with Gasteiger partial charge < -0.3 is 10.6 Å². The molecule has 1 aromatic heterocycles. The van der Waals surface area contributed by atoms with Gasteiger partial charge in [-0.2, -0.15) is 5.10 Å². The summed E-state index contributed by atoms with van der Waals surface area (Å²) in [6, 6.07) is 0. The normalized spacial score (nSPS) is 16.1. The van der Waals surface area contributed by atoms with Crippen molar-refractivity contribution in [2.45, 2.75) is 32.1 Å². The number of anilines is 1. The number of nitrogens with one attached hydrogen (secondary N) is 2. The average molecular weight is 264 g/mol. The lowest BCUT2D eigenvalue weighted by Gasteiger charge is -2.20. The summed E-state index contributed by atoms with van der Waals surface area (Å²) in [7, 11) is 3.24. The van der Waals surface area contributed by atoms with E-state index in [1.165, 1.54) is 17.3 Å². The Balaban J connectivity index is 2.10. The van der Waals surface area contributed by atoms with Crippen LogP contribution in [-0.2, 0) is 11.8 Å². The molecule has 1 saturated carbocycles. The lowest BCUT2D eigenvalue weighted by Crippen LogP contribution is -2.27. The Morgan fingerprint density at radius 1 is 1.32 bits per heavy atom. The highest BCUT2D eigenvalue weighted by Crippen LogP contribution is 2.25. The second-order valence-corrected chi connectivity index (χ2v) is 4.93. The summed E-state index contributed by atoms with van der Waals surface area (Å²) in [4.78, 5) is 23.9. The van der Waals surface area contributed by atoms with Gasteiger partial charge in [0.2, 0.25) is 5.91 Å². The zero-order chi connectivity index (χ0) is 13.8. The van der Waals surface area contributed by atoms with Crippen LogP contribution >= 0.6 is 0 Å². The molecule has 1 heterocycles. The van der Waals surface area contributed by atoms with Crippen molar-refractivity contribution in [3.63, 3.8) is 0 Å². The van der Waals surface area contributed by atoms with E-state index in [9.17, 15) is 9.59 Å². The third-order valence-electron chi connectivity index (χ3n) is 3.61. The molecule has 0 unspecified atom stereocenters. The van der Waals surface area contributed by atoms with Crippen molar-refractivity contribution in [2.75, 3.05) is 12.4 Å². The minimum absolute atomic E-state index is 0.00199. The van der Waals surface area contributed by atoms with E-state index in [-0.39, 0.29) is 17.7 Å². The molecule has 0 aromatic carbocycles.